The quantitative estimate of drug-likeness (QED) is 0.610. The van der Waals surface area contributed by atoms with Crippen LogP contribution in [0.25, 0.3) is 6.08 Å². The summed E-state index contributed by atoms with van der Waals surface area (Å²) in [6, 6.07) is 12.5. The van der Waals surface area contributed by atoms with Gasteiger partial charge in [0, 0.05) is 17.5 Å². The summed E-state index contributed by atoms with van der Waals surface area (Å²) in [5.41, 5.74) is 1.83. The van der Waals surface area contributed by atoms with Crippen LogP contribution >= 0.6 is 0 Å². The number of benzene rings is 2. The van der Waals surface area contributed by atoms with Crippen LogP contribution in [0.4, 0.5) is 5.69 Å². The lowest BCUT2D eigenvalue weighted by Gasteiger charge is -2.18. The molecule has 2 rings (SSSR count). The molecular formula is C18H19NO4S. The number of nitrogens with zero attached hydrogens (tertiary/aromatic N) is 1. The van der Waals surface area contributed by atoms with E-state index in [1.54, 1.807) is 0 Å². The van der Waals surface area contributed by atoms with Crippen LogP contribution in [-0.2, 0) is 15.3 Å². The van der Waals surface area contributed by atoms with E-state index in [0.29, 0.717) is 0 Å². The van der Waals surface area contributed by atoms with Crippen molar-refractivity contribution in [2.24, 2.45) is 0 Å². The average molecular weight is 345 g/mol. The average Bonchev–Trinajstić information content (AvgIpc) is 2.52. The maximum absolute atomic E-state index is 12.3. The van der Waals surface area contributed by atoms with Crippen LogP contribution < -0.4 is 0 Å². The van der Waals surface area contributed by atoms with Crippen LogP contribution in [0.15, 0.2) is 58.8 Å². The summed E-state index contributed by atoms with van der Waals surface area (Å²) in [6.07, 6.45) is 1.52. The minimum Gasteiger partial charge on any atom is -0.258 e. The third-order valence-corrected chi connectivity index (χ3v) is 5.02. The third-order valence-electron chi connectivity index (χ3n) is 3.59. The molecule has 0 bridgehead atoms. The van der Waals surface area contributed by atoms with E-state index in [0.717, 1.165) is 16.5 Å². The van der Waals surface area contributed by atoms with E-state index in [2.05, 4.69) is 20.8 Å². The van der Waals surface area contributed by atoms with Crippen LogP contribution in [0.5, 0.6) is 0 Å². The van der Waals surface area contributed by atoms with Crippen LogP contribution in [0.3, 0.4) is 0 Å². The van der Waals surface area contributed by atoms with Crippen molar-refractivity contribution in [3.63, 3.8) is 0 Å². The molecular weight excluding hydrogens is 326 g/mol. The Morgan fingerprint density at radius 2 is 1.50 bits per heavy atom. The van der Waals surface area contributed by atoms with Gasteiger partial charge in [-0.25, -0.2) is 8.42 Å². The van der Waals surface area contributed by atoms with Crippen LogP contribution in [0.2, 0.25) is 0 Å². The zero-order chi connectivity index (χ0) is 18.0. The predicted octanol–water partition coefficient (Wildman–Crippen LogP) is 4.34. The highest BCUT2D eigenvalue weighted by Gasteiger charge is 2.14. The number of rotatable bonds is 4. The van der Waals surface area contributed by atoms with E-state index >= 15 is 0 Å². The van der Waals surface area contributed by atoms with E-state index in [9.17, 15) is 18.5 Å². The predicted molar refractivity (Wildman–Crippen MR) is 94.5 cm³/mol. The Morgan fingerprint density at radius 1 is 0.958 bits per heavy atom. The normalized spacial score (nSPS) is 12.5. The Balaban J connectivity index is 2.22. The number of hydrogen-bond donors (Lipinski definition) is 0. The van der Waals surface area contributed by atoms with Crippen molar-refractivity contribution in [2.45, 2.75) is 31.1 Å². The molecule has 0 saturated carbocycles. The van der Waals surface area contributed by atoms with Crippen molar-refractivity contribution in [1.82, 2.24) is 0 Å². The molecule has 5 nitrogen and oxygen atoms in total. The summed E-state index contributed by atoms with van der Waals surface area (Å²) in [6.45, 7) is 6.32. The molecule has 24 heavy (non-hydrogen) atoms. The van der Waals surface area contributed by atoms with E-state index in [1.807, 2.05) is 24.3 Å². The van der Waals surface area contributed by atoms with Crippen LogP contribution in [-0.4, -0.2) is 13.3 Å². The fourth-order valence-electron chi connectivity index (χ4n) is 2.10. The smallest absolute Gasteiger partial charge is 0.258 e. The Labute approximate surface area is 141 Å². The molecule has 0 fully saturated rings. The maximum atomic E-state index is 12.3. The zero-order valence-electron chi connectivity index (χ0n) is 13.8. The molecule has 0 atom stereocenters. The van der Waals surface area contributed by atoms with Crippen LogP contribution in [0, 0.1) is 10.1 Å². The highest BCUT2D eigenvalue weighted by atomic mass is 32.2. The second kappa shape index (κ2) is 6.57. The molecule has 0 heterocycles. The van der Waals surface area contributed by atoms with Gasteiger partial charge in [0.15, 0.2) is 9.84 Å². The van der Waals surface area contributed by atoms with E-state index < -0.39 is 14.8 Å². The van der Waals surface area contributed by atoms with E-state index in [4.69, 9.17) is 0 Å². The van der Waals surface area contributed by atoms with Gasteiger partial charge < -0.3 is 0 Å². The lowest BCUT2D eigenvalue weighted by Crippen LogP contribution is -2.10. The minimum atomic E-state index is -3.64. The molecule has 0 radical (unpaired) electrons. The summed E-state index contributed by atoms with van der Waals surface area (Å²) in [5.74, 6) is 0. The Kier molecular flexibility index (Phi) is 4.89. The van der Waals surface area contributed by atoms with Crippen LogP contribution in [0.1, 0.15) is 31.9 Å². The number of sulfone groups is 1. The standard InChI is InChI=1S/C18H19NO4S/c1-18(2,3)15-6-4-14(5-7-15)12-13-24(22,23)17-10-8-16(9-11-17)19(20)21/h4-13H,1-3H3. The second-order valence-electron chi connectivity index (χ2n) is 6.47. The zero-order valence-corrected chi connectivity index (χ0v) is 14.6. The number of non-ortho nitro benzene ring substituents is 1. The molecule has 0 saturated heterocycles. The molecule has 2 aromatic carbocycles. The van der Waals surface area contributed by atoms with Gasteiger partial charge in [0.1, 0.15) is 0 Å². The summed E-state index contributed by atoms with van der Waals surface area (Å²) >= 11 is 0. The van der Waals surface area contributed by atoms with E-state index in [1.165, 1.54) is 30.3 Å². The summed E-state index contributed by atoms with van der Waals surface area (Å²) < 4.78 is 24.5. The molecule has 0 amide bonds. The fraction of sp³-hybridized carbons (Fsp3) is 0.222. The fourth-order valence-corrected chi connectivity index (χ4v) is 3.11. The van der Waals surface area contributed by atoms with E-state index in [-0.39, 0.29) is 16.0 Å². The molecule has 0 N–H and O–H groups in total. The first-order valence-corrected chi connectivity index (χ1v) is 8.92. The monoisotopic (exact) mass is 345 g/mol. The van der Waals surface area contributed by atoms with Crippen molar-refractivity contribution in [3.8, 4) is 0 Å². The molecule has 126 valence electrons. The van der Waals surface area contributed by atoms with Gasteiger partial charge in [-0.05, 0) is 34.8 Å². The van der Waals surface area contributed by atoms with Gasteiger partial charge in [0.05, 0.1) is 9.82 Å². The second-order valence-corrected chi connectivity index (χ2v) is 8.30. The van der Waals surface area contributed by atoms with Crippen molar-refractivity contribution in [2.75, 3.05) is 0 Å². The summed E-state index contributed by atoms with van der Waals surface area (Å²) in [7, 11) is -3.64. The third kappa shape index (κ3) is 4.29. The molecule has 2 aromatic rings. The van der Waals surface area contributed by atoms with Crippen molar-refractivity contribution in [3.05, 3.63) is 75.2 Å². The lowest BCUT2D eigenvalue weighted by atomic mass is 9.87. The topological polar surface area (TPSA) is 77.3 Å². The maximum Gasteiger partial charge on any atom is 0.269 e. The highest BCUT2D eigenvalue weighted by molar-refractivity contribution is 7.94. The molecule has 0 unspecified atom stereocenters. The van der Waals surface area contributed by atoms with Gasteiger partial charge >= 0.3 is 0 Å². The first kappa shape index (κ1) is 17.9. The largest absolute Gasteiger partial charge is 0.269 e. The van der Waals surface area contributed by atoms with Crippen molar-refractivity contribution < 1.29 is 13.3 Å². The van der Waals surface area contributed by atoms with Crippen molar-refractivity contribution >= 4 is 21.6 Å². The van der Waals surface area contributed by atoms with Gasteiger partial charge in [-0.2, -0.15) is 0 Å². The molecule has 6 heteroatoms. The SMILES string of the molecule is CC(C)(C)c1ccc(C=CS(=O)(=O)c2ccc([N+](=O)[O-])cc2)cc1. The Hall–Kier alpha value is -2.47. The first-order valence-electron chi connectivity index (χ1n) is 7.38. The van der Waals surface area contributed by atoms with Gasteiger partial charge in [-0.1, -0.05) is 45.0 Å². The molecule has 0 aliphatic rings. The summed E-state index contributed by atoms with van der Waals surface area (Å²) in [5, 5.41) is 11.7. The molecule has 0 spiro atoms. The number of nitro groups is 1. The lowest BCUT2D eigenvalue weighted by molar-refractivity contribution is -0.384. The Morgan fingerprint density at radius 3 is 1.96 bits per heavy atom. The highest BCUT2D eigenvalue weighted by Crippen LogP contribution is 2.23. The molecule has 0 aromatic heterocycles. The van der Waals surface area contributed by atoms with Crippen molar-refractivity contribution in [1.29, 1.82) is 0 Å². The van der Waals surface area contributed by atoms with Gasteiger partial charge in [-0.15, -0.1) is 0 Å². The number of nitro benzene ring substituents is 1. The molecule has 0 aliphatic heterocycles. The summed E-state index contributed by atoms with van der Waals surface area (Å²) in [4.78, 5) is 10.1. The minimum absolute atomic E-state index is 0.0238. The Bertz CT molecular complexity index is 859. The first-order chi connectivity index (χ1) is 11.1. The molecule has 0 aliphatic carbocycles. The van der Waals surface area contributed by atoms with Gasteiger partial charge in [-0.3, -0.25) is 10.1 Å². The van der Waals surface area contributed by atoms with Gasteiger partial charge in [0.25, 0.3) is 5.69 Å². The number of hydrogen-bond acceptors (Lipinski definition) is 4. The van der Waals surface area contributed by atoms with Gasteiger partial charge in [0.2, 0.25) is 0 Å².